The molecule has 0 amide bonds. The van der Waals surface area contributed by atoms with Crippen molar-refractivity contribution in [3.05, 3.63) is 0 Å². The molecule has 1 unspecified atom stereocenters. The molecule has 0 saturated carbocycles. The van der Waals surface area contributed by atoms with E-state index in [1.54, 1.807) is 0 Å². The van der Waals surface area contributed by atoms with Gasteiger partial charge in [0.2, 0.25) is 0 Å². The molecule has 0 aromatic carbocycles. The Kier molecular flexibility index (Phi) is 8.23. The third-order valence-corrected chi connectivity index (χ3v) is 2.46. The van der Waals surface area contributed by atoms with Gasteiger partial charge in [-0.3, -0.25) is 4.79 Å². The number of esters is 1. The summed E-state index contributed by atoms with van der Waals surface area (Å²) in [5.41, 5.74) is -0.460. The van der Waals surface area contributed by atoms with Crippen LogP contribution >= 0.6 is 0 Å². The maximum Gasteiger partial charge on any atom is 0.308 e. The minimum absolute atomic E-state index is 0.116. The lowest BCUT2D eigenvalue weighted by Gasteiger charge is -2.20. The second-order valence-corrected chi connectivity index (χ2v) is 5.65. The van der Waals surface area contributed by atoms with Gasteiger partial charge in [-0.2, -0.15) is 0 Å². The number of rotatable bonds is 8. The average Bonchev–Trinajstić information content (AvgIpc) is 2.14. The number of hydrogen-bond donors (Lipinski definition) is 1. The zero-order valence-corrected chi connectivity index (χ0v) is 11.8. The summed E-state index contributed by atoms with van der Waals surface area (Å²) in [7, 11) is 0. The molecule has 0 rings (SSSR count). The van der Waals surface area contributed by atoms with E-state index in [0.717, 1.165) is 12.8 Å². The van der Waals surface area contributed by atoms with Crippen molar-refractivity contribution < 1.29 is 14.6 Å². The first kappa shape index (κ1) is 16.4. The number of aliphatic hydroxyl groups excluding tert-OH is 1. The molecular weight excluding hydrogens is 216 g/mol. The van der Waals surface area contributed by atoms with Crippen LogP contribution in [0.4, 0.5) is 0 Å². The van der Waals surface area contributed by atoms with Crippen molar-refractivity contribution in [1.29, 1.82) is 0 Å². The second kappa shape index (κ2) is 8.51. The summed E-state index contributed by atoms with van der Waals surface area (Å²) in [5, 5.41) is 9.67. The predicted molar refractivity (Wildman–Crippen MR) is 69.8 cm³/mol. The van der Waals surface area contributed by atoms with Gasteiger partial charge in [0, 0.05) is 0 Å². The van der Waals surface area contributed by atoms with Crippen LogP contribution in [0.1, 0.15) is 72.6 Å². The SMILES string of the molecule is CCCCCCCC(O)CC(=O)OC(C)(C)C. The minimum Gasteiger partial charge on any atom is -0.460 e. The molecule has 0 fully saturated rings. The molecule has 0 bridgehead atoms. The molecule has 3 heteroatoms. The van der Waals surface area contributed by atoms with Crippen molar-refractivity contribution in [3.8, 4) is 0 Å². The first-order valence-electron chi connectivity index (χ1n) is 6.75. The third-order valence-electron chi connectivity index (χ3n) is 2.46. The Morgan fingerprint density at radius 1 is 1.18 bits per heavy atom. The highest BCUT2D eigenvalue weighted by Crippen LogP contribution is 2.13. The topological polar surface area (TPSA) is 46.5 Å². The Morgan fingerprint density at radius 3 is 2.29 bits per heavy atom. The van der Waals surface area contributed by atoms with E-state index in [0.29, 0.717) is 6.42 Å². The van der Waals surface area contributed by atoms with Crippen molar-refractivity contribution in [2.75, 3.05) is 0 Å². The predicted octanol–water partition coefficient (Wildman–Crippen LogP) is 3.44. The minimum atomic E-state index is -0.550. The van der Waals surface area contributed by atoms with E-state index in [2.05, 4.69) is 6.92 Å². The summed E-state index contributed by atoms with van der Waals surface area (Å²) in [6.07, 6.45) is 6.08. The van der Waals surface area contributed by atoms with E-state index in [-0.39, 0.29) is 12.4 Å². The van der Waals surface area contributed by atoms with E-state index >= 15 is 0 Å². The van der Waals surface area contributed by atoms with Crippen LogP contribution in [-0.2, 0) is 9.53 Å². The lowest BCUT2D eigenvalue weighted by atomic mass is 10.1. The molecule has 1 atom stereocenters. The summed E-state index contributed by atoms with van der Waals surface area (Å²) >= 11 is 0. The first-order valence-corrected chi connectivity index (χ1v) is 6.75. The molecule has 0 heterocycles. The van der Waals surface area contributed by atoms with Gasteiger partial charge in [-0.1, -0.05) is 39.0 Å². The van der Waals surface area contributed by atoms with Gasteiger partial charge in [0.25, 0.3) is 0 Å². The van der Waals surface area contributed by atoms with Gasteiger partial charge >= 0.3 is 5.97 Å². The normalized spacial score (nSPS) is 13.5. The second-order valence-electron chi connectivity index (χ2n) is 5.65. The molecule has 102 valence electrons. The molecule has 0 aliphatic heterocycles. The van der Waals surface area contributed by atoms with Crippen molar-refractivity contribution >= 4 is 5.97 Å². The number of carbonyl (C=O) groups excluding carboxylic acids is 1. The van der Waals surface area contributed by atoms with Crippen molar-refractivity contribution in [2.24, 2.45) is 0 Å². The fourth-order valence-corrected chi connectivity index (χ4v) is 1.66. The number of aliphatic hydroxyl groups is 1. The Morgan fingerprint density at radius 2 is 1.76 bits per heavy atom. The van der Waals surface area contributed by atoms with Crippen molar-refractivity contribution in [2.45, 2.75) is 84.3 Å². The summed E-state index contributed by atoms with van der Waals surface area (Å²) in [4.78, 5) is 11.4. The maximum absolute atomic E-state index is 11.4. The van der Waals surface area contributed by atoms with Crippen LogP contribution in [-0.4, -0.2) is 22.8 Å². The van der Waals surface area contributed by atoms with Gasteiger partial charge in [0.05, 0.1) is 12.5 Å². The van der Waals surface area contributed by atoms with Gasteiger partial charge in [-0.05, 0) is 27.2 Å². The van der Waals surface area contributed by atoms with E-state index in [1.807, 2.05) is 20.8 Å². The molecule has 0 spiro atoms. The van der Waals surface area contributed by atoms with Crippen LogP contribution < -0.4 is 0 Å². The molecule has 17 heavy (non-hydrogen) atoms. The van der Waals surface area contributed by atoms with E-state index in [1.165, 1.54) is 19.3 Å². The van der Waals surface area contributed by atoms with Gasteiger partial charge in [-0.25, -0.2) is 0 Å². The van der Waals surface area contributed by atoms with Crippen LogP contribution in [0.25, 0.3) is 0 Å². The highest BCUT2D eigenvalue weighted by Gasteiger charge is 2.18. The van der Waals surface area contributed by atoms with Crippen LogP contribution in [0.5, 0.6) is 0 Å². The monoisotopic (exact) mass is 244 g/mol. The summed E-state index contributed by atoms with van der Waals surface area (Å²) in [6, 6.07) is 0. The molecule has 0 aromatic heterocycles. The fourth-order valence-electron chi connectivity index (χ4n) is 1.66. The Bertz CT molecular complexity index is 206. The first-order chi connectivity index (χ1) is 7.85. The molecule has 1 N–H and O–H groups in total. The highest BCUT2D eigenvalue weighted by molar-refractivity contribution is 5.70. The number of unbranched alkanes of at least 4 members (excludes halogenated alkanes) is 4. The summed E-state index contributed by atoms with van der Waals surface area (Å²) in [6.45, 7) is 7.68. The zero-order valence-electron chi connectivity index (χ0n) is 11.8. The number of ether oxygens (including phenoxy) is 1. The average molecular weight is 244 g/mol. The third kappa shape index (κ3) is 11.7. The lowest BCUT2D eigenvalue weighted by molar-refractivity contribution is -0.157. The van der Waals surface area contributed by atoms with Gasteiger partial charge in [-0.15, -0.1) is 0 Å². The van der Waals surface area contributed by atoms with E-state index in [9.17, 15) is 9.90 Å². The molecular formula is C14H28O3. The smallest absolute Gasteiger partial charge is 0.308 e. The molecule has 3 nitrogen and oxygen atoms in total. The molecule has 0 aliphatic rings. The largest absolute Gasteiger partial charge is 0.460 e. The van der Waals surface area contributed by atoms with Crippen LogP contribution in [0.2, 0.25) is 0 Å². The summed E-state index contributed by atoms with van der Waals surface area (Å²) in [5.74, 6) is -0.307. The Balaban J connectivity index is 3.57. The lowest BCUT2D eigenvalue weighted by Crippen LogP contribution is -2.26. The maximum atomic E-state index is 11.4. The van der Waals surface area contributed by atoms with Gasteiger partial charge < -0.3 is 9.84 Å². The van der Waals surface area contributed by atoms with E-state index < -0.39 is 11.7 Å². The van der Waals surface area contributed by atoms with Gasteiger partial charge in [0.1, 0.15) is 5.60 Å². The molecule has 0 radical (unpaired) electrons. The number of hydrogen-bond acceptors (Lipinski definition) is 3. The van der Waals surface area contributed by atoms with Crippen LogP contribution in [0, 0.1) is 0 Å². The molecule has 0 aliphatic carbocycles. The Labute approximate surface area is 106 Å². The van der Waals surface area contributed by atoms with E-state index in [4.69, 9.17) is 4.74 Å². The van der Waals surface area contributed by atoms with Crippen LogP contribution in [0.3, 0.4) is 0 Å². The molecule has 0 saturated heterocycles. The highest BCUT2D eigenvalue weighted by atomic mass is 16.6. The van der Waals surface area contributed by atoms with Crippen molar-refractivity contribution in [3.63, 3.8) is 0 Å². The number of carbonyl (C=O) groups is 1. The summed E-state index contributed by atoms with van der Waals surface area (Å²) < 4.78 is 5.15. The van der Waals surface area contributed by atoms with Crippen molar-refractivity contribution in [1.82, 2.24) is 0 Å². The zero-order chi connectivity index (χ0) is 13.3. The molecule has 0 aromatic rings. The van der Waals surface area contributed by atoms with Crippen LogP contribution in [0.15, 0.2) is 0 Å². The quantitative estimate of drug-likeness (QED) is 0.525. The fraction of sp³-hybridized carbons (Fsp3) is 0.929. The standard InChI is InChI=1S/C14H28O3/c1-5-6-7-8-9-10-12(15)11-13(16)17-14(2,3)4/h12,15H,5-11H2,1-4H3. The van der Waals surface area contributed by atoms with Gasteiger partial charge in [0.15, 0.2) is 0 Å². The Hall–Kier alpha value is -0.570.